The third-order valence-corrected chi connectivity index (χ3v) is 5.64. The summed E-state index contributed by atoms with van der Waals surface area (Å²) in [7, 11) is 0. The van der Waals surface area contributed by atoms with Gasteiger partial charge in [-0.3, -0.25) is 0 Å². The molecule has 1 fully saturated rings. The molecule has 1 N–H and O–H groups in total. The lowest BCUT2D eigenvalue weighted by atomic mass is 9.99. The van der Waals surface area contributed by atoms with Crippen molar-refractivity contribution < 1.29 is 13.5 Å². The predicted octanol–water partition coefficient (Wildman–Crippen LogP) is 4.45. The highest BCUT2D eigenvalue weighted by Crippen LogP contribution is 2.40. The highest BCUT2D eigenvalue weighted by atomic mass is 19.3. The molecular formula is C22H22F2N4O. The Hall–Kier alpha value is -2.80. The van der Waals surface area contributed by atoms with Crippen LogP contribution >= 0.6 is 0 Å². The summed E-state index contributed by atoms with van der Waals surface area (Å²) < 4.78 is 33.0. The van der Waals surface area contributed by atoms with Crippen LogP contribution in [-0.4, -0.2) is 40.6 Å². The van der Waals surface area contributed by atoms with Gasteiger partial charge in [-0.05, 0) is 17.2 Å². The van der Waals surface area contributed by atoms with E-state index < -0.39 is 5.92 Å². The molecular weight excluding hydrogens is 374 g/mol. The SMILES string of the molecule is FC1(F)CCN(c2nccc(-c3ccccc3)c2-c2nc3c([nH]2)COCC3)CC1. The fourth-order valence-corrected chi connectivity index (χ4v) is 4.06. The van der Waals surface area contributed by atoms with E-state index in [0.29, 0.717) is 19.0 Å². The van der Waals surface area contributed by atoms with E-state index in [4.69, 9.17) is 9.72 Å². The highest BCUT2D eigenvalue weighted by molar-refractivity contribution is 5.88. The number of hydrogen-bond acceptors (Lipinski definition) is 4. The Morgan fingerprint density at radius 1 is 1.07 bits per heavy atom. The first-order valence-electron chi connectivity index (χ1n) is 9.94. The summed E-state index contributed by atoms with van der Waals surface area (Å²) in [5.41, 5.74) is 4.87. The summed E-state index contributed by atoms with van der Waals surface area (Å²) in [5.74, 6) is -1.18. The van der Waals surface area contributed by atoms with Crippen LogP contribution in [0.2, 0.25) is 0 Å². The maximum absolute atomic E-state index is 13.7. The van der Waals surface area contributed by atoms with Gasteiger partial charge in [0.1, 0.15) is 11.6 Å². The number of imidazole rings is 1. The maximum Gasteiger partial charge on any atom is 0.251 e. The Kier molecular flexibility index (Phi) is 4.54. The number of alkyl halides is 2. The van der Waals surface area contributed by atoms with Crippen molar-refractivity contribution in [1.29, 1.82) is 0 Å². The van der Waals surface area contributed by atoms with E-state index >= 15 is 0 Å². The molecule has 0 atom stereocenters. The third-order valence-electron chi connectivity index (χ3n) is 5.64. The summed E-state index contributed by atoms with van der Waals surface area (Å²) in [6.45, 7) is 1.71. The molecule has 7 heteroatoms. The number of fused-ring (bicyclic) bond motifs is 1. The molecule has 1 saturated heterocycles. The van der Waals surface area contributed by atoms with Gasteiger partial charge in [-0.1, -0.05) is 30.3 Å². The molecule has 29 heavy (non-hydrogen) atoms. The normalized spacial score (nSPS) is 18.5. The summed E-state index contributed by atoms with van der Waals surface area (Å²) in [6, 6.07) is 12.0. The number of nitrogens with one attached hydrogen (secondary N) is 1. The lowest BCUT2D eigenvalue weighted by Gasteiger charge is -2.33. The smallest absolute Gasteiger partial charge is 0.251 e. The Labute approximate surface area is 167 Å². The number of benzene rings is 1. The Balaban J connectivity index is 1.64. The van der Waals surface area contributed by atoms with Crippen molar-refractivity contribution in [3.05, 3.63) is 54.0 Å². The van der Waals surface area contributed by atoms with Crippen molar-refractivity contribution in [3.63, 3.8) is 0 Å². The quantitative estimate of drug-likeness (QED) is 0.711. The van der Waals surface area contributed by atoms with Crippen LogP contribution in [0.3, 0.4) is 0 Å². The fraction of sp³-hybridized carbons (Fsp3) is 0.364. The van der Waals surface area contributed by atoms with E-state index in [9.17, 15) is 8.78 Å². The molecule has 3 aromatic rings. The number of halogens is 2. The van der Waals surface area contributed by atoms with Crippen molar-refractivity contribution in [1.82, 2.24) is 15.0 Å². The van der Waals surface area contributed by atoms with Crippen molar-refractivity contribution in [2.75, 3.05) is 24.6 Å². The van der Waals surface area contributed by atoms with Gasteiger partial charge in [-0.15, -0.1) is 0 Å². The molecule has 0 aliphatic carbocycles. The zero-order chi connectivity index (χ0) is 19.8. The first-order chi connectivity index (χ1) is 14.1. The largest absolute Gasteiger partial charge is 0.375 e. The van der Waals surface area contributed by atoms with Gasteiger partial charge >= 0.3 is 0 Å². The van der Waals surface area contributed by atoms with Crippen molar-refractivity contribution in [2.45, 2.75) is 31.8 Å². The van der Waals surface area contributed by atoms with Crippen LogP contribution in [0.1, 0.15) is 24.2 Å². The van der Waals surface area contributed by atoms with Crippen LogP contribution in [0.4, 0.5) is 14.6 Å². The molecule has 2 aliphatic rings. The van der Waals surface area contributed by atoms with Crippen molar-refractivity contribution in [3.8, 4) is 22.5 Å². The number of ether oxygens (including phenoxy) is 1. The molecule has 0 saturated carbocycles. The number of nitrogens with zero attached hydrogens (tertiary/aromatic N) is 3. The van der Waals surface area contributed by atoms with Gasteiger partial charge in [0.2, 0.25) is 0 Å². The van der Waals surface area contributed by atoms with Crippen LogP contribution in [0, 0.1) is 0 Å². The molecule has 5 nitrogen and oxygen atoms in total. The first kappa shape index (κ1) is 18.2. The van der Waals surface area contributed by atoms with Crippen LogP contribution in [0.5, 0.6) is 0 Å². The van der Waals surface area contributed by atoms with Crippen LogP contribution in [-0.2, 0) is 17.8 Å². The van der Waals surface area contributed by atoms with E-state index in [2.05, 4.69) is 9.97 Å². The Bertz CT molecular complexity index is 985. The molecule has 0 amide bonds. The topological polar surface area (TPSA) is 54.0 Å². The number of aromatic amines is 1. The van der Waals surface area contributed by atoms with Crippen LogP contribution in [0.15, 0.2) is 42.6 Å². The first-order valence-corrected chi connectivity index (χ1v) is 9.94. The number of H-pyrrole nitrogens is 1. The number of anilines is 1. The zero-order valence-corrected chi connectivity index (χ0v) is 16.0. The average Bonchev–Trinajstić information content (AvgIpc) is 3.18. The molecule has 0 bridgehead atoms. The Morgan fingerprint density at radius 3 is 2.62 bits per heavy atom. The van der Waals surface area contributed by atoms with E-state index in [1.165, 1.54) is 0 Å². The molecule has 0 spiro atoms. The van der Waals surface area contributed by atoms with E-state index in [1.807, 2.05) is 41.3 Å². The monoisotopic (exact) mass is 396 g/mol. The number of hydrogen-bond donors (Lipinski definition) is 1. The average molecular weight is 396 g/mol. The van der Waals surface area contributed by atoms with Crippen LogP contribution in [0.25, 0.3) is 22.5 Å². The lowest BCUT2D eigenvalue weighted by molar-refractivity contribution is -0.0221. The molecule has 5 rings (SSSR count). The van der Waals surface area contributed by atoms with Gasteiger partial charge in [-0.2, -0.15) is 0 Å². The number of pyridine rings is 1. The summed E-state index contributed by atoms with van der Waals surface area (Å²) in [4.78, 5) is 14.8. The predicted molar refractivity (Wildman–Crippen MR) is 107 cm³/mol. The van der Waals surface area contributed by atoms with Gasteiger partial charge in [0.25, 0.3) is 5.92 Å². The second kappa shape index (κ2) is 7.22. The molecule has 0 unspecified atom stereocenters. The minimum Gasteiger partial charge on any atom is -0.375 e. The highest BCUT2D eigenvalue weighted by Gasteiger charge is 2.35. The summed E-state index contributed by atoms with van der Waals surface area (Å²) >= 11 is 0. The minimum atomic E-state index is -2.60. The second-order valence-corrected chi connectivity index (χ2v) is 7.58. The molecule has 0 radical (unpaired) electrons. The van der Waals surface area contributed by atoms with E-state index in [1.54, 1.807) is 6.20 Å². The molecule has 2 aliphatic heterocycles. The molecule has 150 valence electrons. The third kappa shape index (κ3) is 3.51. The van der Waals surface area contributed by atoms with Crippen molar-refractivity contribution in [2.24, 2.45) is 0 Å². The van der Waals surface area contributed by atoms with Gasteiger partial charge in [0.15, 0.2) is 0 Å². The van der Waals surface area contributed by atoms with Gasteiger partial charge in [0, 0.05) is 38.5 Å². The number of rotatable bonds is 3. The van der Waals surface area contributed by atoms with Gasteiger partial charge in [0.05, 0.1) is 30.2 Å². The fourth-order valence-electron chi connectivity index (χ4n) is 4.06. The second-order valence-electron chi connectivity index (χ2n) is 7.58. The summed E-state index contributed by atoms with van der Waals surface area (Å²) in [5, 5.41) is 0. The van der Waals surface area contributed by atoms with Gasteiger partial charge in [-0.25, -0.2) is 18.7 Å². The zero-order valence-electron chi connectivity index (χ0n) is 16.0. The van der Waals surface area contributed by atoms with E-state index in [-0.39, 0.29) is 25.9 Å². The standard InChI is InChI=1S/C22H22F2N4O/c23-22(24)8-11-28(12-9-22)21-19(20-26-17-7-13-29-14-18(17)27-20)16(6-10-25-21)15-4-2-1-3-5-15/h1-6,10H,7-9,11-14H2,(H,26,27). The van der Waals surface area contributed by atoms with Crippen molar-refractivity contribution >= 4 is 5.82 Å². The van der Waals surface area contributed by atoms with E-state index in [0.717, 1.165) is 40.3 Å². The van der Waals surface area contributed by atoms with Crippen LogP contribution < -0.4 is 4.90 Å². The number of aromatic nitrogens is 3. The maximum atomic E-state index is 13.7. The number of piperidine rings is 1. The minimum absolute atomic E-state index is 0.161. The lowest BCUT2D eigenvalue weighted by Crippen LogP contribution is -2.40. The molecule has 2 aromatic heterocycles. The van der Waals surface area contributed by atoms with Gasteiger partial charge < -0.3 is 14.6 Å². The molecule has 4 heterocycles. The summed E-state index contributed by atoms with van der Waals surface area (Å²) in [6.07, 6.45) is 2.19. The molecule has 1 aromatic carbocycles. The Morgan fingerprint density at radius 2 is 1.86 bits per heavy atom.